The Morgan fingerprint density at radius 1 is 1.31 bits per heavy atom. The number of esters is 1. The number of hydrogen-bond donors (Lipinski definition) is 1. The van der Waals surface area contributed by atoms with Crippen LogP contribution in [-0.2, 0) is 19.6 Å². The number of rotatable bonds is 6. The number of methoxy groups -OCH3 is 1. The molecule has 0 unspecified atom stereocenters. The van der Waals surface area contributed by atoms with Crippen LogP contribution < -0.4 is 9.46 Å². The molecular weight excluding hydrogens is 380 g/mol. The molecule has 10 heteroatoms. The number of ether oxygens (including phenoxy) is 2. The van der Waals surface area contributed by atoms with E-state index in [1.54, 1.807) is 19.1 Å². The Labute approximate surface area is 154 Å². The van der Waals surface area contributed by atoms with Gasteiger partial charge in [0.15, 0.2) is 6.61 Å². The number of hydrogen-bond acceptors (Lipinski definition) is 8. The Morgan fingerprint density at radius 2 is 2.00 bits per heavy atom. The molecule has 0 spiro atoms. The summed E-state index contributed by atoms with van der Waals surface area (Å²) in [5.74, 6) is -1.41. The van der Waals surface area contributed by atoms with Crippen LogP contribution in [0.3, 0.4) is 0 Å². The van der Waals surface area contributed by atoms with E-state index in [9.17, 15) is 18.0 Å². The zero-order valence-corrected chi connectivity index (χ0v) is 15.4. The van der Waals surface area contributed by atoms with Crippen molar-refractivity contribution in [2.45, 2.75) is 11.1 Å². The first-order valence-corrected chi connectivity index (χ1v) is 9.44. The summed E-state index contributed by atoms with van der Waals surface area (Å²) in [5.41, 5.74) is 0.337. The van der Waals surface area contributed by atoms with Gasteiger partial charge in [-0.2, -0.15) is 5.26 Å². The summed E-state index contributed by atoms with van der Waals surface area (Å²) in [7, 11) is -2.97. The number of sulfonamides is 1. The van der Waals surface area contributed by atoms with Crippen LogP contribution in [0.25, 0.3) is 0 Å². The average Bonchev–Trinajstić information content (AvgIpc) is 3.02. The highest BCUT2D eigenvalue weighted by Gasteiger charge is 2.24. The van der Waals surface area contributed by atoms with Gasteiger partial charge in [-0.15, -0.1) is 11.3 Å². The summed E-state index contributed by atoms with van der Waals surface area (Å²) in [6.07, 6.45) is 0. The molecule has 26 heavy (non-hydrogen) atoms. The van der Waals surface area contributed by atoms with Crippen molar-refractivity contribution in [1.29, 1.82) is 5.26 Å². The number of nitrogens with zero attached hydrogens (tertiary/aromatic N) is 1. The lowest BCUT2D eigenvalue weighted by molar-refractivity contribution is -0.121. The smallest absolute Gasteiger partial charge is 0.339 e. The number of nitrogens with one attached hydrogen (secondary N) is 1. The zero-order valence-electron chi connectivity index (χ0n) is 13.8. The minimum atomic E-state index is -4.16. The van der Waals surface area contributed by atoms with Crippen molar-refractivity contribution in [3.05, 3.63) is 46.3 Å². The molecule has 0 aliphatic carbocycles. The molecule has 0 saturated carbocycles. The maximum absolute atomic E-state index is 12.3. The van der Waals surface area contributed by atoms with Crippen LogP contribution in [0, 0.1) is 18.3 Å². The van der Waals surface area contributed by atoms with Gasteiger partial charge in [0.25, 0.3) is 15.9 Å². The SMILES string of the molecule is COC(=O)c1cc(S(=O)(=O)NC(=O)COc2ccccc2C#N)sc1C. The molecule has 1 heterocycles. The van der Waals surface area contributed by atoms with Crippen molar-refractivity contribution in [3.63, 3.8) is 0 Å². The quantitative estimate of drug-likeness (QED) is 0.738. The Kier molecular flexibility index (Phi) is 5.97. The Balaban J connectivity index is 2.08. The summed E-state index contributed by atoms with van der Waals surface area (Å²) in [4.78, 5) is 23.9. The number of carbonyl (C=O) groups is 2. The standard InChI is InChI=1S/C16H14N2O6S2/c1-10-12(16(20)23-2)7-15(25-10)26(21,22)18-14(19)9-24-13-6-4-3-5-11(13)8-17/h3-7H,9H2,1-2H3,(H,18,19). The van der Waals surface area contributed by atoms with E-state index in [1.807, 2.05) is 10.8 Å². The molecule has 0 fully saturated rings. The fraction of sp³-hybridized carbons (Fsp3) is 0.188. The van der Waals surface area contributed by atoms with Gasteiger partial charge >= 0.3 is 5.97 Å². The molecule has 1 aromatic carbocycles. The van der Waals surface area contributed by atoms with Crippen molar-refractivity contribution in [1.82, 2.24) is 4.72 Å². The fourth-order valence-corrected chi connectivity index (χ4v) is 4.36. The third-order valence-electron chi connectivity index (χ3n) is 3.18. The van der Waals surface area contributed by atoms with Gasteiger partial charge in [-0.1, -0.05) is 12.1 Å². The molecular formula is C16H14N2O6S2. The number of carbonyl (C=O) groups excluding carboxylic acids is 2. The van der Waals surface area contributed by atoms with Crippen LogP contribution in [-0.4, -0.2) is 34.0 Å². The summed E-state index contributed by atoms with van der Waals surface area (Å²) in [6, 6.07) is 9.30. The lowest BCUT2D eigenvalue weighted by atomic mass is 10.2. The van der Waals surface area contributed by atoms with Crippen molar-refractivity contribution < 1.29 is 27.5 Å². The topological polar surface area (TPSA) is 123 Å². The predicted molar refractivity (Wildman–Crippen MR) is 92.4 cm³/mol. The molecule has 1 amide bonds. The second-order valence-electron chi connectivity index (χ2n) is 4.95. The molecule has 0 bridgehead atoms. The van der Waals surface area contributed by atoms with Crippen molar-refractivity contribution >= 4 is 33.2 Å². The third kappa shape index (κ3) is 4.38. The normalized spacial score (nSPS) is 10.7. The molecule has 0 atom stereocenters. The number of benzene rings is 1. The number of amides is 1. The van der Waals surface area contributed by atoms with Crippen LogP contribution in [0.5, 0.6) is 5.75 Å². The molecule has 136 valence electrons. The van der Waals surface area contributed by atoms with Gasteiger partial charge in [-0.05, 0) is 25.1 Å². The zero-order chi connectivity index (χ0) is 19.3. The van der Waals surface area contributed by atoms with Gasteiger partial charge in [-0.25, -0.2) is 17.9 Å². The van der Waals surface area contributed by atoms with Crippen LogP contribution in [0.1, 0.15) is 20.8 Å². The monoisotopic (exact) mass is 394 g/mol. The maximum atomic E-state index is 12.3. The van der Waals surface area contributed by atoms with E-state index in [0.717, 1.165) is 17.4 Å². The Hall–Kier alpha value is -2.90. The molecule has 0 radical (unpaired) electrons. The van der Waals surface area contributed by atoms with Gasteiger partial charge in [-0.3, -0.25) is 4.79 Å². The van der Waals surface area contributed by atoms with Crippen molar-refractivity contribution in [2.75, 3.05) is 13.7 Å². The average molecular weight is 394 g/mol. The van der Waals surface area contributed by atoms with Crippen LogP contribution >= 0.6 is 11.3 Å². The summed E-state index contributed by atoms with van der Waals surface area (Å²) in [5, 5.41) is 8.95. The minimum absolute atomic E-state index is 0.115. The van der Waals surface area contributed by atoms with Gasteiger partial charge in [0.2, 0.25) is 0 Å². The molecule has 0 saturated heterocycles. The highest BCUT2D eigenvalue weighted by Crippen LogP contribution is 2.26. The second kappa shape index (κ2) is 7.99. The van der Waals surface area contributed by atoms with E-state index >= 15 is 0 Å². The molecule has 1 N–H and O–H groups in total. The van der Waals surface area contributed by atoms with E-state index in [-0.39, 0.29) is 21.1 Å². The lowest BCUT2D eigenvalue weighted by Crippen LogP contribution is -2.34. The summed E-state index contributed by atoms with van der Waals surface area (Å²) in [6.45, 7) is 0.978. The van der Waals surface area contributed by atoms with Crippen LogP contribution in [0.2, 0.25) is 0 Å². The number of nitriles is 1. The number of thiophene rings is 1. The van der Waals surface area contributed by atoms with Gasteiger partial charge in [0.1, 0.15) is 16.0 Å². The maximum Gasteiger partial charge on any atom is 0.339 e. The minimum Gasteiger partial charge on any atom is -0.482 e. The molecule has 0 aliphatic rings. The first-order valence-electron chi connectivity index (χ1n) is 7.15. The van der Waals surface area contributed by atoms with E-state index < -0.39 is 28.5 Å². The highest BCUT2D eigenvalue weighted by atomic mass is 32.2. The van der Waals surface area contributed by atoms with E-state index in [2.05, 4.69) is 4.74 Å². The lowest BCUT2D eigenvalue weighted by Gasteiger charge is -2.08. The highest BCUT2D eigenvalue weighted by molar-refractivity contribution is 7.92. The first kappa shape index (κ1) is 19.4. The summed E-state index contributed by atoms with van der Waals surface area (Å²) >= 11 is 0.840. The number of aryl methyl sites for hydroxylation is 1. The molecule has 8 nitrogen and oxygen atoms in total. The van der Waals surface area contributed by atoms with Crippen LogP contribution in [0.15, 0.2) is 34.5 Å². The number of para-hydroxylation sites is 1. The first-order chi connectivity index (χ1) is 12.3. The fourth-order valence-electron chi connectivity index (χ4n) is 1.96. The predicted octanol–water partition coefficient (Wildman–Crippen LogP) is 1.60. The molecule has 2 aromatic rings. The molecule has 0 aliphatic heterocycles. The van der Waals surface area contributed by atoms with Crippen LogP contribution in [0.4, 0.5) is 0 Å². The van der Waals surface area contributed by atoms with Gasteiger partial charge in [0.05, 0.1) is 18.2 Å². The van der Waals surface area contributed by atoms with E-state index in [1.165, 1.54) is 19.2 Å². The molecule has 1 aromatic heterocycles. The summed E-state index contributed by atoms with van der Waals surface area (Å²) < 4.78 is 36.0. The van der Waals surface area contributed by atoms with E-state index in [0.29, 0.717) is 4.88 Å². The van der Waals surface area contributed by atoms with Crippen molar-refractivity contribution in [3.8, 4) is 11.8 Å². The second-order valence-corrected chi connectivity index (χ2v) is 8.12. The largest absolute Gasteiger partial charge is 0.482 e. The van der Waals surface area contributed by atoms with Gasteiger partial charge < -0.3 is 9.47 Å². The molecule has 2 rings (SSSR count). The van der Waals surface area contributed by atoms with E-state index in [4.69, 9.17) is 10.00 Å². The van der Waals surface area contributed by atoms with Gasteiger partial charge in [0, 0.05) is 4.88 Å². The third-order valence-corrected chi connectivity index (χ3v) is 6.08. The van der Waals surface area contributed by atoms with Crippen molar-refractivity contribution in [2.24, 2.45) is 0 Å². The Bertz CT molecular complexity index is 988. The Morgan fingerprint density at radius 3 is 2.65 bits per heavy atom.